The Balaban J connectivity index is 1.89. The van der Waals surface area contributed by atoms with Crippen LogP contribution in [-0.2, 0) is 14.3 Å². The number of ether oxygens (including phenoxy) is 4. The summed E-state index contributed by atoms with van der Waals surface area (Å²) >= 11 is 0. The lowest BCUT2D eigenvalue weighted by Gasteiger charge is -2.10. The van der Waals surface area contributed by atoms with E-state index >= 15 is 0 Å². The van der Waals surface area contributed by atoms with E-state index in [1.165, 1.54) is 6.26 Å². The number of carbonyl (C=O) groups excluding carboxylic acids is 1. The highest BCUT2D eigenvalue weighted by atomic mass is 16.6. The summed E-state index contributed by atoms with van der Waals surface area (Å²) in [6, 6.07) is 15.0. The van der Waals surface area contributed by atoms with E-state index in [1.807, 2.05) is 44.2 Å². The second-order valence-corrected chi connectivity index (χ2v) is 5.66. The van der Waals surface area contributed by atoms with E-state index in [-0.39, 0.29) is 19.0 Å². The molecule has 0 atom stereocenters. The van der Waals surface area contributed by atoms with E-state index in [9.17, 15) is 4.79 Å². The first kappa shape index (κ1) is 19.4. The third-order valence-corrected chi connectivity index (χ3v) is 3.30. The molecule has 0 aliphatic carbocycles. The number of carbonyl (C=O) groups is 1. The molecule has 2 rings (SSSR count). The molecule has 0 bridgehead atoms. The van der Waals surface area contributed by atoms with Gasteiger partial charge >= 0.3 is 5.97 Å². The molecule has 0 spiro atoms. The molecule has 0 N–H and O–H groups in total. The summed E-state index contributed by atoms with van der Waals surface area (Å²) in [6.45, 7) is 6.65. The molecule has 0 saturated carbocycles. The Labute approximate surface area is 154 Å². The smallest absolute Gasteiger partial charge is 0.377 e. The van der Waals surface area contributed by atoms with E-state index in [4.69, 9.17) is 18.9 Å². The Morgan fingerprint density at radius 1 is 0.962 bits per heavy atom. The van der Waals surface area contributed by atoms with E-state index in [2.05, 4.69) is 6.07 Å². The van der Waals surface area contributed by atoms with E-state index < -0.39 is 5.97 Å². The third-order valence-electron chi connectivity index (χ3n) is 3.30. The van der Waals surface area contributed by atoms with Gasteiger partial charge in [0.05, 0.1) is 6.61 Å². The van der Waals surface area contributed by atoms with Crippen molar-refractivity contribution in [2.45, 2.75) is 20.8 Å². The van der Waals surface area contributed by atoms with Gasteiger partial charge in [0.25, 0.3) is 0 Å². The average molecular weight is 356 g/mol. The SMILES string of the molecule is CCOC(=O)/C(=C\OCCOc1cc(C)cc(C)c1)Oc1ccccc1. The van der Waals surface area contributed by atoms with Crippen molar-refractivity contribution in [2.24, 2.45) is 0 Å². The lowest BCUT2D eigenvalue weighted by molar-refractivity contribution is -0.141. The van der Waals surface area contributed by atoms with Crippen LogP contribution in [-0.4, -0.2) is 25.8 Å². The van der Waals surface area contributed by atoms with Crippen LogP contribution in [0.15, 0.2) is 60.6 Å². The van der Waals surface area contributed by atoms with Crippen molar-refractivity contribution < 1.29 is 23.7 Å². The van der Waals surface area contributed by atoms with Crippen LogP contribution in [0.2, 0.25) is 0 Å². The maximum atomic E-state index is 12.0. The molecule has 0 unspecified atom stereocenters. The fourth-order valence-electron chi connectivity index (χ4n) is 2.29. The molecule has 0 aliphatic heterocycles. The summed E-state index contributed by atoms with van der Waals surface area (Å²) in [5, 5.41) is 0. The van der Waals surface area contributed by atoms with Gasteiger partial charge in [-0.2, -0.15) is 0 Å². The molecular formula is C21H24O5. The quantitative estimate of drug-likeness (QED) is 0.292. The van der Waals surface area contributed by atoms with Crippen LogP contribution in [0.4, 0.5) is 0 Å². The summed E-state index contributed by atoms with van der Waals surface area (Å²) < 4.78 is 21.6. The van der Waals surface area contributed by atoms with E-state index in [0.717, 1.165) is 16.9 Å². The van der Waals surface area contributed by atoms with Crippen LogP contribution in [0.1, 0.15) is 18.1 Å². The van der Waals surface area contributed by atoms with Crippen molar-refractivity contribution in [1.29, 1.82) is 0 Å². The first-order valence-corrected chi connectivity index (χ1v) is 8.51. The predicted octanol–water partition coefficient (Wildman–Crippen LogP) is 4.18. The fourth-order valence-corrected chi connectivity index (χ4v) is 2.29. The number of para-hydroxylation sites is 1. The topological polar surface area (TPSA) is 54.0 Å². The van der Waals surface area contributed by atoms with Crippen molar-refractivity contribution in [2.75, 3.05) is 19.8 Å². The number of rotatable bonds is 9. The second-order valence-electron chi connectivity index (χ2n) is 5.66. The Morgan fingerprint density at radius 2 is 1.65 bits per heavy atom. The molecule has 2 aromatic carbocycles. The number of aryl methyl sites for hydroxylation is 2. The van der Waals surface area contributed by atoms with Gasteiger partial charge in [0.2, 0.25) is 5.76 Å². The molecular weight excluding hydrogens is 332 g/mol. The number of hydrogen-bond donors (Lipinski definition) is 0. The lowest BCUT2D eigenvalue weighted by atomic mass is 10.1. The van der Waals surface area contributed by atoms with Crippen LogP contribution < -0.4 is 9.47 Å². The largest absolute Gasteiger partial charge is 0.493 e. The number of hydrogen-bond acceptors (Lipinski definition) is 5. The molecule has 0 aromatic heterocycles. The molecule has 26 heavy (non-hydrogen) atoms. The molecule has 0 aliphatic rings. The Bertz CT molecular complexity index is 717. The zero-order valence-corrected chi connectivity index (χ0v) is 15.4. The van der Waals surface area contributed by atoms with E-state index in [0.29, 0.717) is 12.4 Å². The molecule has 5 heteroatoms. The summed E-state index contributed by atoms with van der Waals surface area (Å²) in [6.07, 6.45) is 1.26. The molecule has 0 saturated heterocycles. The monoisotopic (exact) mass is 356 g/mol. The Morgan fingerprint density at radius 3 is 2.31 bits per heavy atom. The normalized spacial score (nSPS) is 11.0. The summed E-state index contributed by atoms with van der Waals surface area (Å²) in [7, 11) is 0. The molecule has 0 radical (unpaired) electrons. The van der Waals surface area contributed by atoms with Gasteiger partial charge in [-0.3, -0.25) is 0 Å². The van der Waals surface area contributed by atoms with Crippen molar-refractivity contribution in [3.8, 4) is 11.5 Å². The van der Waals surface area contributed by atoms with Gasteiger partial charge in [-0.25, -0.2) is 4.79 Å². The predicted molar refractivity (Wildman–Crippen MR) is 99.1 cm³/mol. The second kappa shape index (κ2) is 10.1. The minimum absolute atomic E-state index is 0.00977. The van der Waals surface area contributed by atoms with Gasteiger partial charge in [0, 0.05) is 0 Å². The summed E-state index contributed by atoms with van der Waals surface area (Å²) in [4.78, 5) is 12.0. The van der Waals surface area contributed by atoms with E-state index in [1.54, 1.807) is 19.1 Å². The minimum atomic E-state index is -0.577. The Hall–Kier alpha value is -2.95. The molecule has 0 heterocycles. The standard InChI is InChI=1S/C21H24O5/c1-4-24-21(22)20(26-18-8-6-5-7-9-18)15-23-10-11-25-19-13-16(2)12-17(3)14-19/h5-9,12-15H,4,10-11H2,1-3H3/b20-15+. The van der Waals surface area contributed by atoms with Crippen molar-refractivity contribution >= 4 is 5.97 Å². The molecule has 0 fully saturated rings. The number of esters is 1. The fraction of sp³-hybridized carbons (Fsp3) is 0.286. The van der Waals surface area contributed by atoms with Crippen LogP contribution in [0.25, 0.3) is 0 Å². The first-order chi connectivity index (χ1) is 12.6. The van der Waals surface area contributed by atoms with Crippen LogP contribution in [0.3, 0.4) is 0 Å². The van der Waals surface area contributed by atoms with Crippen LogP contribution >= 0.6 is 0 Å². The lowest BCUT2D eigenvalue weighted by Crippen LogP contribution is -2.14. The van der Waals surface area contributed by atoms with Crippen molar-refractivity contribution in [1.82, 2.24) is 0 Å². The maximum absolute atomic E-state index is 12.0. The van der Waals surface area contributed by atoms with Crippen LogP contribution in [0, 0.1) is 13.8 Å². The minimum Gasteiger partial charge on any atom is -0.493 e. The van der Waals surface area contributed by atoms with Gasteiger partial charge < -0.3 is 18.9 Å². The van der Waals surface area contributed by atoms with Crippen LogP contribution in [0.5, 0.6) is 11.5 Å². The van der Waals surface area contributed by atoms with Crippen molar-refractivity contribution in [3.63, 3.8) is 0 Å². The highest BCUT2D eigenvalue weighted by Crippen LogP contribution is 2.16. The summed E-state index contributed by atoms with van der Waals surface area (Å²) in [5.74, 6) is 0.735. The Kier molecular flexibility index (Phi) is 7.55. The van der Waals surface area contributed by atoms with Crippen molar-refractivity contribution in [3.05, 3.63) is 71.7 Å². The van der Waals surface area contributed by atoms with Gasteiger partial charge in [0.1, 0.15) is 31.0 Å². The average Bonchev–Trinajstić information content (AvgIpc) is 2.60. The molecule has 5 nitrogen and oxygen atoms in total. The zero-order chi connectivity index (χ0) is 18.8. The molecule has 2 aromatic rings. The maximum Gasteiger partial charge on any atom is 0.377 e. The van der Waals surface area contributed by atoms with Gasteiger partial charge in [-0.05, 0) is 56.2 Å². The van der Waals surface area contributed by atoms with Gasteiger partial charge in [-0.15, -0.1) is 0 Å². The highest BCUT2D eigenvalue weighted by Gasteiger charge is 2.14. The summed E-state index contributed by atoms with van der Waals surface area (Å²) in [5.41, 5.74) is 2.28. The van der Waals surface area contributed by atoms with Gasteiger partial charge in [0.15, 0.2) is 0 Å². The third kappa shape index (κ3) is 6.51. The molecule has 138 valence electrons. The number of benzene rings is 2. The zero-order valence-electron chi connectivity index (χ0n) is 15.4. The molecule has 0 amide bonds. The first-order valence-electron chi connectivity index (χ1n) is 8.51. The highest BCUT2D eigenvalue weighted by molar-refractivity contribution is 5.86. The van der Waals surface area contributed by atoms with Gasteiger partial charge in [-0.1, -0.05) is 24.3 Å².